The number of nitrogens with zero attached hydrogens (tertiary/aromatic N) is 1. The quantitative estimate of drug-likeness (QED) is 0.905. The highest BCUT2D eigenvalue weighted by molar-refractivity contribution is 7.88. The van der Waals surface area contributed by atoms with Gasteiger partial charge in [0.05, 0.1) is 12.8 Å². The van der Waals surface area contributed by atoms with E-state index < -0.39 is 10.0 Å². The minimum atomic E-state index is -3.42. The normalized spacial score (nSPS) is 11.9. The molecule has 1 rings (SSSR count). The van der Waals surface area contributed by atoms with Crippen LogP contribution in [0.3, 0.4) is 0 Å². The molecular weight excluding hydrogens is 300 g/mol. The summed E-state index contributed by atoms with van der Waals surface area (Å²) in [5.74, 6) is -0.380. The predicted molar refractivity (Wildman–Crippen MR) is 81.5 cm³/mol. The number of sulfonamides is 1. The maximum atomic E-state index is 12.0. The van der Waals surface area contributed by atoms with Crippen LogP contribution in [0, 0.1) is 6.92 Å². The lowest BCUT2D eigenvalue weighted by Crippen LogP contribution is -2.41. The molecule has 0 aliphatic carbocycles. The second kappa shape index (κ2) is 6.56. The number of carbonyl (C=O) groups is 1. The average Bonchev–Trinajstić information content (AvgIpc) is 2.28. The lowest BCUT2D eigenvalue weighted by molar-refractivity contribution is -0.116. The monoisotopic (exact) mass is 318 g/mol. The molecule has 0 radical (unpaired) electrons. The summed E-state index contributed by atoms with van der Waals surface area (Å²) in [4.78, 5) is 12.0. The zero-order valence-corrected chi connectivity index (χ0v) is 13.5. The Kier molecular flexibility index (Phi) is 5.56. The summed E-state index contributed by atoms with van der Waals surface area (Å²) in [7, 11) is -3.42. The van der Waals surface area contributed by atoms with Crippen molar-refractivity contribution in [3.05, 3.63) is 28.8 Å². The third-order valence-electron chi connectivity index (χ3n) is 2.76. The van der Waals surface area contributed by atoms with Crippen LogP contribution in [0.1, 0.15) is 19.4 Å². The van der Waals surface area contributed by atoms with Crippen LogP contribution in [0.15, 0.2) is 18.2 Å². The fourth-order valence-electron chi connectivity index (χ4n) is 1.78. The summed E-state index contributed by atoms with van der Waals surface area (Å²) in [6.07, 6.45) is 1.09. The molecule has 1 aromatic rings. The van der Waals surface area contributed by atoms with Gasteiger partial charge >= 0.3 is 0 Å². The lowest BCUT2D eigenvalue weighted by Gasteiger charge is -2.23. The molecule has 1 amide bonds. The van der Waals surface area contributed by atoms with Gasteiger partial charge in [-0.3, -0.25) is 4.79 Å². The highest BCUT2D eigenvalue weighted by Crippen LogP contribution is 2.19. The van der Waals surface area contributed by atoms with Crippen LogP contribution in [-0.4, -0.2) is 37.5 Å². The van der Waals surface area contributed by atoms with Crippen LogP contribution < -0.4 is 5.32 Å². The van der Waals surface area contributed by atoms with Crippen molar-refractivity contribution in [3.8, 4) is 0 Å². The molecule has 0 atom stereocenters. The van der Waals surface area contributed by atoms with Gasteiger partial charge in [-0.25, -0.2) is 8.42 Å². The molecule has 5 nitrogen and oxygen atoms in total. The van der Waals surface area contributed by atoms with Crippen LogP contribution >= 0.6 is 11.6 Å². The van der Waals surface area contributed by atoms with Crippen LogP contribution in [0.4, 0.5) is 5.69 Å². The fourth-order valence-corrected chi connectivity index (χ4v) is 3.13. The maximum Gasteiger partial charge on any atom is 0.239 e. The second-order valence-electron chi connectivity index (χ2n) is 4.91. The molecule has 1 N–H and O–H groups in total. The number of nitrogens with one attached hydrogen (secondary N) is 1. The minimum Gasteiger partial charge on any atom is -0.325 e. The predicted octanol–water partition coefficient (Wildman–Crippen LogP) is 2.26. The molecule has 0 aromatic heterocycles. The Morgan fingerprint density at radius 3 is 2.45 bits per heavy atom. The van der Waals surface area contributed by atoms with Crippen LogP contribution in [-0.2, 0) is 14.8 Å². The van der Waals surface area contributed by atoms with Crippen LogP contribution in [0.2, 0.25) is 5.02 Å². The maximum absolute atomic E-state index is 12.0. The van der Waals surface area contributed by atoms with Gasteiger partial charge in [-0.05, 0) is 44.5 Å². The SMILES string of the molecule is Cc1cc(Cl)ccc1NC(=O)CN(C(C)C)S(C)(=O)=O. The molecule has 112 valence electrons. The van der Waals surface area contributed by atoms with E-state index in [-0.39, 0.29) is 18.5 Å². The van der Waals surface area contributed by atoms with E-state index in [1.807, 2.05) is 6.92 Å². The first kappa shape index (κ1) is 16.9. The Hall–Kier alpha value is -1.11. The summed E-state index contributed by atoms with van der Waals surface area (Å²) in [5.41, 5.74) is 1.44. The van der Waals surface area contributed by atoms with E-state index in [1.54, 1.807) is 32.0 Å². The summed E-state index contributed by atoms with van der Waals surface area (Å²) in [6.45, 7) is 5.06. The molecule has 0 saturated carbocycles. The van der Waals surface area contributed by atoms with Crippen molar-refractivity contribution < 1.29 is 13.2 Å². The summed E-state index contributed by atoms with van der Waals surface area (Å²) < 4.78 is 24.3. The molecule has 0 bridgehead atoms. The van der Waals surface area contributed by atoms with Crippen molar-refractivity contribution in [2.24, 2.45) is 0 Å². The summed E-state index contributed by atoms with van der Waals surface area (Å²) in [6, 6.07) is 4.81. The molecule has 0 aliphatic heterocycles. The molecule has 0 unspecified atom stereocenters. The third-order valence-corrected chi connectivity index (χ3v) is 4.40. The van der Waals surface area contributed by atoms with Crippen molar-refractivity contribution >= 4 is 33.2 Å². The van der Waals surface area contributed by atoms with Crippen molar-refractivity contribution in [2.45, 2.75) is 26.8 Å². The standard InChI is InChI=1S/C13H19ClN2O3S/c1-9(2)16(20(4,18)19)8-13(17)15-12-6-5-11(14)7-10(12)3/h5-7,9H,8H2,1-4H3,(H,15,17). The van der Waals surface area contributed by atoms with E-state index in [9.17, 15) is 13.2 Å². The average molecular weight is 319 g/mol. The molecule has 0 aliphatic rings. The Labute approximate surface area is 125 Å². The van der Waals surface area contributed by atoms with E-state index in [2.05, 4.69) is 5.32 Å². The van der Waals surface area contributed by atoms with Gasteiger partial charge < -0.3 is 5.32 Å². The van der Waals surface area contributed by atoms with E-state index in [4.69, 9.17) is 11.6 Å². The Morgan fingerprint density at radius 1 is 1.40 bits per heavy atom. The van der Waals surface area contributed by atoms with Gasteiger partial charge in [0.2, 0.25) is 15.9 Å². The number of halogens is 1. The van der Waals surface area contributed by atoms with Crippen LogP contribution in [0.25, 0.3) is 0 Å². The summed E-state index contributed by atoms with van der Waals surface area (Å²) in [5, 5.41) is 3.27. The fraction of sp³-hybridized carbons (Fsp3) is 0.462. The van der Waals surface area contributed by atoms with Gasteiger partial charge in [0, 0.05) is 16.8 Å². The molecule has 7 heteroatoms. The highest BCUT2D eigenvalue weighted by atomic mass is 35.5. The highest BCUT2D eigenvalue weighted by Gasteiger charge is 2.23. The molecule has 0 fully saturated rings. The van der Waals surface area contributed by atoms with Gasteiger partial charge in [0.15, 0.2) is 0 Å². The van der Waals surface area contributed by atoms with Crippen LogP contribution in [0.5, 0.6) is 0 Å². The third kappa shape index (κ3) is 4.77. The zero-order valence-electron chi connectivity index (χ0n) is 12.0. The Bertz CT molecular complexity index is 600. The van der Waals surface area contributed by atoms with Crippen molar-refractivity contribution in [3.63, 3.8) is 0 Å². The number of hydrogen-bond acceptors (Lipinski definition) is 3. The molecule has 0 heterocycles. The van der Waals surface area contributed by atoms with E-state index in [0.29, 0.717) is 10.7 Å². The van der Waals surface area contributed by atoms with Crippen molar-refractivity contribution in [2.75, 3.05) is 18.1 Å². The van der Waals surface area contributed by atoms with Gasteiger partial charge in [-0.15, -0.1) is 0 Å². The first-order valence-electron chi connectivity index (χ1n) is 6.14. The van der Waals surface area contributed by atoms with Crippen molar-refractivity contribution in [1.82, 2.24) is 4.31 Å². The smallest absolute Gasteiger partial charge is 0.239 e. The molecular formula is C13H19ClN2O3S. The largest absolute Gasteiger partial charge is 0.325 e. The number of rotatable bonds is 5. The number of aryl methyl sites for hydroxylation is 1. The molecule has 1 aromatic carbocycles. The first-order chi connectivity index (χ1) is 9.11. The summed E-state index contributed by atoms with van der Waals surface area (Å²) >= 11 is 5.84. The van der Waals surface area contributed by atoms with E-state index in [1.165, 1.54) is 0 Å². The Balaban J connectivity index is 2.81. The second-order valence-corrected chi connectivity index (χ2v) is 7.28. The molecule has 0 spiro atoms. The molecule has 0 saturated heterocycles. The van der Waals surface area contributed by atoms with Gasteiger partial charge in [-0.1, -0.05) is 11.6 Å². The number of carbonyl (C=O) groups excluding carboxylic acids is 1. The van der Waals surface area contributed by atoms with Gasteiger partial charge in [-0.2, -0.15) is 4.31 Å². The van der Waals surface area contributed by atoms with Gasteiger partial charge in [0.25, 0.3) is 0 Å². The number of hydrogen-bond donors (Lipinski definition) is 1. The Morgan fingerprint density at radius 2 is 2.00 bits per heavy atom. The van der Waals surface area contributed by atoms with E-state index >= 15 is 0 Å². The lowest BCUT2D eigenvalue weighted by atomic mass is 10.2. The van der Waals surface area contributed by atoms with Crippen molar-refractivity contribution in [1.29, 1.82) is 0 Å². The topological polar surface area (TPSA) is 66.5 Å². The number of amides is 1. The van der Waals surface area contributed by atoms with E-state index in [0.717, 1.165) is 16.1 Å². The van der Waals surface area contributed by atoms with Gasteiger partial charge in [0.1, 0.15) is 0 Å². The first-order valence-corrected chi connectivity index (χ1v) is 8.36. The molecule has 20 heavy (non-hydrogen) atoms. The number of benzene rings is 1. The zero-order chi connectivity index (χ0) is 15.5. The number of anilines is 1. The minimum absolute atomic E-state index is 0.210.